The van der Waals surface area contributed by atoms with Crippen LogP contribution in [0.1, 0.15) is 30.5 Å². The van der Waals surface area contributed by atoms with Gasteiger partial charge in [-0.2, -0.15) is 16.9 Å². The zero-order valence-corrected chi connectivity index (χ0v) is 16.6. The Balaban J connectivity index is 1.38. The Bertz CT molecular complexity index is 876. The Morgan fingerprint density at radius 2 is 2.25 bits per heavy atom. The Hall–Kier alpha value is -2.00. The molecule has 1 unspecified atom stereocenters. The second-order valence-corrected chi connectivity index (χ2v) is 8.37. The van der Waals surface area contributed by atoms with Crippen molar-refractivity contribution in [3.63, 3.8) is 0 Å². The highest BCUT2D eigenvalue weighted by atomic mass is 32.2. The van der Waals surface area contributed by atoms with Crippen molar-refractivity contribution in [3.8, 4) is 0 Å². The number of likely N-dealkylation sites (tertiary alicyclic amines) is 1. The first-order valence-corrected chi connectivity index (χ1v) is 11.0. The first-order chi connectivity index (χ1) is 13.7. The van der Waals surface area contributed by atoms with Gasteiger partial charge in [-0.15, -0.1) is 0 Å². The third kappa shape index (κ3) is 4.52. The van der Waals surface area contributed by atoms with E-state index in [-0.39, 0.29) is 17.4 Å². The standard InChI is InChI=1S/C19H25FN6OS/c20-16-11-21-13-23-19(16)22-10-15-3-1-2-5-25(15)6-7-26-18(27)9-14-12-28-8-4-17(14)24-26/h9,11,13,15H,1-8,10,12H2,(H,21,22,23). The molecule has 28 heavy (non-hydrogen) atoms. The molecule has 150 valence electrons. The number of aromatic nitrogens is 4. The van der Waals surface area contributed by atoms with Gasteiger partial charge in [0.25, 0.3) is 5.56 Å². The third-order valence-corrected chi connectivity index (χ3v) is 6.43. The summed E-state index contributed by atoms with van der Waals surface area (Å²) in [7, 11) is 0. The highest BCUT2D eigenvalue weighted by molar-refractivity contribution is 7.98. The molecule has 0 amide bonds. The van der Waals surface area contributed by atoms with Gasteiger partial charge in [0.1, 0.15) is 6.33 Å². The summed E-state index contributed by atoms with van der Waals surface area (Å²) in [5.74, 6) is 1.76. The van der Waals surface area contributed by atoms with Gasteiger partial charge in [0.15, 0.2) is 11.6 Å². The predicted molar refractivity (Wildman–Crippen MR) is 108 cm³/mol. The molecule has 1 N–H and O–H groups in total. The minimum absolute atomic E-state index is 0.0176. The van der Waals surface area contributed by atoms with Gasteiger partial charge < -0.3 is 5.32 Å². The van der Waals surface area contributed by atoms with E-state index in [9.17, 15) is 9.18 Å². The molecule has 1 saturated heterocycles. The number of aryl methyl sites for hydroxylation is 1. The van der Waals surface area contributed by atoms with Gasteiger partial charge >= 0.3 is 0 Å². The van der Waals surface area contributed by atoms with E-state index in [2.05, 4.69) is 25.3 Å². The van der Waals surface area contributed by atoms with Crippen LogP contribution in [0.2, 0.25) is 0 Å². The maximum atomic E-state index is 13.7. The summed E-state index contributed by atoms with van der Waals surface area (Å²) < 4.78 is 15.4. The lowest BCUT2D eigenvalue weighted by atomic mass is 10.0. The summed E-state index contributed by atoms with van der Waals surface area (Å²) in [5, 5.41) is 7.72. The van der Waals surface area contributed by atoms with E-state index in [0.29, 0.717) is 13.1 Å². The number of hydrogen-bond donors (Lipinski definition) is 1. The van der Waals surface area contributed by atoms with Crippen molar-refractivity contribution in [2.75, 3.05) is 30.7 Å². The van der Waals surface area contributed by atoms with Crippen molar-refractivity contribution in [1.82, 2.24) is 24.6 Å². The predicted octanol–water partition coefficient (Wildman–Crippen LogP) is 1.93. The highest BCUT2D eigenvalue weighted by Gasteiger charge is 2.23. The van der Waals surface area contributed by atoms with E-state index in [1.807, 2.05) is 11.8 Å². The Labute approximate surface area is 167 Å². The lowest BCUT2D eigenvalue weighted by molar-refractivity contribution is 0.147. The molecule has 0 spiro atoms. The second kappa shape index (κ2) is 9.00. The molecule has 2 aliphatic rings. The Kier molecular flexibility index (Phi) is 6.21. The highest BCUT2D eigenvalue weighted by Crippen LogP contribution is 2.21. The van der Waals surface area contributed by atoms with Gasteiger partial charge in [-0.05, 0) is 30.7 Å². The quantitative estimate of drug-likeness (QED) is 0.788. The Morgan fingerprint density at radius 1 is 1.32 bits per heavy atom. The third-order valence-electron chi connectivity index (χ3n) is 5.43. The summed E-state index contributed by atoms with van der Waals surface area (Å²) in [5.41, 5.74) is 2.13. The number of thioether (sulfide) groups is 1. The largest absolute Gasteiger partial charge is 0.366 e. The molecule has 1 atom stereocenters. The molecule has 4 rings (SSSR count). The molecule has 2 aromatic rings. The molecule has 4 heterocycles. The maximum absolute atomic E-state index is 13.7. The molecule has 2 aromatic heterocycles. The van der Waals surface area contributed by atoms with Crippen LogP contribution in [-0.2, 0) is 18.7 Å². The van der Waals surface area contributed by atoms with Crippen molar-refractivity contribution in [3.05, 3.63) is 46.0 Å². The van der Waals surface area contributed by atoms with Crippen LogP contribution in [0.4, 0.5) is 10.2 Å². The Morgan fingerprint density at radius 3 is 3.14 bits per heavy atom. The summed E-state index contributed by atoms with van der Waals surface area (Å²) in [4.78, 5) is 22.4. The number of fused-ring (bicyclic) bond motifs is 1. The molecular weight excluding hydrogens is 379 g/mol. The van der Waals surface area contributed by atoms with Crippen LogP contribution < -0.4 is 10.9 Å². The molecule has 0 radical (unpaired) electrons. The molecule has 0 saturated carbocycles. The van der Waals surface area contributed by atoms with Crippen LogP contribution in [0.5, 0.6) is 0 Å². The van der Waals surface area contributed by atoms with E-state index in [0.717, 1.165) is 61.5 Å². The maximum Gasteiger partial charge on any atom is 0.267 e. The SMILES string of the molecule is O=c1cc2c(nn1CCN1CCCCC1CNc1ncncc1F)CCSC2. The minimum Gasteiger partial charge on any atom is -0.366 e. The molecule has 2 aliphatic heterocycles. The van der Waals surface area contributed by atoms with Crippen molar-refractivity contribution in [2.45, 2.75) is 44.0 Å². The number of nitrogens with one attached hydrogen (secondary N) is 1. The van der Waals surface area contributed by atoms with E-state index >= 15 is 0 Å². The van der Waals surface area contributed by atoms with Crippen LogP contribution in [0, 0.1) is 5.82 Å². The number of hydrogen-bond acceptors (Lipinski definition) is 7. The molecule has 0 bridgehead atoms. The summed E-state index contributed by atoms with van der Waals surface area (Å²) in [6.07, 6.45) is 6.79. The number of rotatable bonds is 6. The fourth-order valence-electron chi connectivity index (χ4n) is 3.88. The minimum atomic E-state index is -0.437. The first kappa shape index (κ1) is 19.3. The molecule has 7 nitrogen and oxygen atoms in total. The van der Waals surface area contributed by atoms with Crippen molar-refractivity contribution in [1.29, 1.82) is 0 Å². The number of nitrogens with zero attached hydrogens (tertiary/aromatic N) is 5. The van der Waals surface area contributed by atoms with Crippen LogP contribution in [-0.4, -0.2) is 56.1 Å². The van der Waals surface area contributed by atoms with Crippen molar-refractivity contribution < 1.29 is 4.39 Å². The summed E-state index contributed by atoms with van der Waals surface area (Å²) >= 11 is 1.85. The van der Waals surface area contributed by atoms with E-state index in [1.54, 1.807) is 10.7 Å². The normalized spacial score (nSPS) is 20.0. The first-order valence-electron chi connectivity index (χ1n) is 9.82. The molecule has 0 aliphatic carbocycles. The number of piperidine rings is 1. The molecule has 1 fully saturated rings. The van der Waals surface area contributed by atoms with Gasteiger partial charge in [-0.1, -0.05) is 6.42 Å². The fraction of sp³-hybridized carbons (Fsp3) is 0.579. The molecule has 0 aromatic carbocycles. The van der Waals surface area contributed by atoms with Gasteiger partial charge in [0.2, 0.25) is 0 Å². The van der Waals surface area contributed by atoms with E-state index < -0.39 is 5.82 Å². The lowest BCUT2D eigenvalue weighted by Gasteiger charge is -2.36. The van der Waals surface area contributed by atoms with Crippen molar-refractivity contribution in [2.24, 2.45) is 0 Å². The average molecular weight is 405 g/mol. The van der Waals surface area contributed by atoms with Crippen LogP contribution in [0.25, 0.3) is 0 Å². The second-order valence-electron chi connectivity index (χ2n) is 7.27. The zero-order valence-electron chi connectivity index (χ0n) is 15.8. The van der Waals surface area contributed by atoms with Gasteiger partial charge in [-0.25, -0.2) is 19.0 Å². The summed E-state index contributed by atoms with van der Waals surface area (Å²) in [6, 6.07) is 2.04. The van der Waals surface area contributed by atoms with Gasteiger partial charge in [-0.3, -0.25) is 9.69 Å². The number of halogens is 1. The van der Waals surface area contributed by atoms with Crippen molar-refractivity contribution >= 4 is 17.6 Å². The molecule has 9 heteroatoms. The topological polar surface area (TPSA) is 75.9 Å². The van der Waals surface area contributed by atoms with Crippen LogP contribution in [0.15, 0.2) is 23.4 Å². The zero-order chi connectivity index (χ0) is 19.3. The number of anilines is 1. The lowest BCUT2D eigenvalue weighted by Crippen LogP contribution is -2.46. The molecular formula is C19H25FN6OS. The monoisotopic (exact) mass is 404 g/mol. The fourth-order valence-corrected chi connectivity index (χ4v) is 4.83. The van der Waals surface area contributed by atoms with Crippen LogP contribution >= 0.6 is 11.8 Å². The van der Waals surface area contributed by atoms with Gasteiger partial charge in [0, 0.05) is 37.4 Å². The smallest absolute Gasteiger partial charge is 0.267 e. The van der Waals surface area contributed by atoms with Gasteiger partial charge in [0.05, 0.1) is 18.4 Å². The van der Waals surface area contributed by atoms with Crippen LogP contribution in [0.3, 0.4) is 0 Å². The van der Waals surface area contributed by atoms with E-state index in [4.69, 9.17) is 0 Å². The summed E-state index contributed by atoms with van der Waals surface area (Å²) in [6.45, 7) is 2.95. The van der Waals surface area contributed by atoms with E-state index in [1.165, 1.54) is 12.5 Å². The average Bonchev–Trinajstić information content (AvgIpc) is 2.72.